The van der Waals surface area contributed by atoms with Crippen LogP contribution in [0.5, 0.6) is 11.5 Å². The van der Waals surface area contributed by atoms with Crippen LogP contribution in [0.2, 0.25) is 0 Å². The van der Waals surface area contributed by atoms with Gasteiger partial charge in [0.25, 0.3) is 0 Å². The number of phenols is 1. The van der Waals surface area contributed by atoms with Crippen molar-refractivity contribution in [3.63, 3.8) is 0 Å². The van der Waals surface area contributed by atoms with E-state index in [9.17, 15) is 14.7 Å². The lowest BCUT2D eigenvalue weighted by atomic mass is 9.99. The molecule has 1 atom stereocenters. The maximum Gasteiger partial charge on any atom is 0.339 e. The molecule has 0 fully saturated rings. The second-order valence-corrected chi connectivity index (χ2v) is 4.70. The first-order valence-electron chi connectivity index (χ1n) is 6.22. The maximum atomic E-state index is 12.1. The Hall–Kier alpha value is -2.76. The number of carbonyl (C=O) groups is 1. The Morgan fingerprint density at radius 3 is 2.67 bits per heavy atom. The Balaban J connectivity index is 2.22. The maximum absolute atomic E-state index is 12.1. The SMILES string of the molecule is COc1cc(O)cc2c1C(c1coc(C)cc1=O)OC2=O. The molecule has 1 N–H and O–H groups in total. The Morgan fingerprint density at radius 1 is 1.24 bits per heavy atom. The minimum absolute atomic E-state index is 0.112. The van der Waals surface area contributed by atoms with Crippen molar-refractivity contribution in [2.24, 2.45) is 0 Å². The van der Waals surface area contributed by atoms with Gasteiger partial charge in [0.2, 0.25) is 0 Å². The van der Waals surface area contributed by atoms with E-state index < -0.39 is 12.1 Å². The molecule has 2 heterocycles. The third-order valence-corrected chi connectivity index (χ3v) is 3.33. The van der Waals surface area contributed by atoms with Crippen molar-refractivity contribution < 1.29 is 23.8 Å². The van der Waals surface area contributed by atoms with Crippen molar-refractivity contribution in [3.8, 4) is 11.5 Å². The van der Waals surface area contributed by atoms with Crippen LogP contribution in [0.4, 0.5) is 0 Å². The van der Waals surface area contributed by atoms with E-state index in [1.807, 2.05) is 0 Å². The van der Waals surface area contributed by atoms with Crippen LogP contribution in [0, 0.1) is 6.92 Å². The summed E-state index contributed by atoms with van der Waals surface area (Å²) < 4.78 is 15.6. The first-order valence-corrected chi connectivity index (χ1v) is 6.22. The first-order chi connectivity index (χ1) is 10.0. The van der Waals surface area contributed by atoms with Crippen molar-refractivity contribution in [2.75, 3.05) is 7.11 Å². The number of hydrogen-bond acceptors (Lipinski definition) is 6. The number of esters is 1. The number of cyclic esters (lactones) is 1. The van der Waals surface area contributed by atoms with Crippen LogP contribution < -0.4 is 10.2 Å². The molecule has 0 bridgehead atoms. The van der Waals surface area contributed by atoms with Crippen LogP contribution in [0.25, 0.3) is 0 Å². The molecule has 0 radical (unpaired) electrons. The van der Waals surface area contributed by atoms with E-state index in [1.54, 1.807) is 6.92 Å². The summed E-state index contributed by atoms with van der Waals surface area (Å²) >= 11 is 0. The summed E-state index contributed by atoms with van der Waals surface area (Å²) in [4.78, 5) is 24.0. The normalized spacial score (nSPS) is 16.5. The standard InChI is InChI=1S/C15H12O6/c1-7-3-11(17)10(6-20-7)14-13-9(15(18)21-14)4-8(16)5-12(13)19-2/h3-6,14,16H,1-2H3. The van der Waals surface area contributed by atoms with Gasteiger partial charge in [0.1, 0.15) is 23.5 Å². The average molecular weight is 288 g/mol. The zero-order valence-corrected chi connectivity index (χ0v) is 11.4. The Labute approximate surface area is 119 Å². The fourth-order valence-electron chi connectivity index (χ4n) is 2.38. The molecule has 6 heteroatoms. The molecule has 108 valence electrons. The zero-order chi connectivity index (χ0) is 15.1. The van der Waals surface area contributed by atoms with Crippen molar-refractivity contribution in [2.45, 2.75) is 13.0 Å². The van der Waals surface area contributed by atoms with E-state index >= 15 is 0 Å². The number of aryl methyl sites for hydroxylation is 1. The molecule has 0 aliphatic carbocycles. The van der Waals surface area contributed by atoms with Crippen LogP contribution >= 0.6 is 0 Å². The summed E-state index contributed by atoms with van der Waals surface area (Å²) in [5.41, 5.74) is 0.504. The third kappa shape index (κ3) is 2.05. The zero-order valence-electron chi connectivity index (χ0n) is 11.4. The van der Waals surface area contributed by atoms with Gasteiger partial charge in [0, 0.05) is 12.1 Å². The molecule has 0 saturated carbocycles. The molecule has 1 aromatic heterocycles. The van der Waals surface area contributed by atoms with E-state index in [4.69, 9.17) is 13.9 Å². The van der Waals surface area contributed by atoms with E-state index in [2.05, 4.69) is 0 Å². The largest absolute Gasteiger partial charge is 0.508 e. The first kappa shape index (κ1) is 13.2. The molecule has 3 rings (SSSR count). The van der Waals surface area contributed by atoms with Gasteiger partial charge in [-0.3, -0.25) is 4.79 Å². The van der Waals surface area contributed by atoms with E-state index in [-0.39, 0.29) is 28.1 Å². The third-order valence-electron chi connectivity index (χ3n) is 3.33. The molecular formula is C15H12O6. The lowest BCUT2D eigenvalue weighted by Crippen LogP contribution is -2.14. The predicted octanol–water partition coefficient (Wildman–Crippen LogP) is 1.92. The number of aromatic hydroxyl groups is 1. The summed E-state index contributed by atoms with van der Waals surface area (Å²) in [5.74, 6) is 0.00936. The number of fused-ring (bicyclic) bond motifs is 1. The summed E-state index contributed by atoms with van der Waals surface area (Å²) in [7, 11) is 1.41. The van der Waals surface area contributed by atoms with Crippen LogP contribution in [-0.4, -0.2) is 18.2 Å². The van der Waals surface area contributed by atoms with Crippen molar-refractivity contribution >= 4 is 5.97 Å². The van der Waals surface area contributed by atoms with Gasteiger partial charge in [-0.2, -0.15) is 0 Å². The minimum Gasteiger partial charge on any atom is -0.508 e. The fourth-order valence-corrected chi connectivity index (χ4v) is 2.38. The molecule has 0 spiro atoms. The second-order valence-electron chi connectivity index (χ2n) is 4.70. The highest BCUT2D eigenvalue weighted by Crippen LogP contribution is 2.42. The number of hydrogen-bond donors (Lipinski definition) is 1. The Kier molecular flexibility index (Phi) is 2.94. The van der Waals surface area contributed by atoms with E-state index in [1.165, 1.54) is 31.6 Å². The molecule has 0 saturated heterocycles. The molecular weight excluding hydrogens is 276 g/mol. The van der Waals surface area contributed by atoms with Crippen LogP contribution in [-0.2, 0) is 4.74 Å². The van der Waals surface area contributed by atoms with Gasteiger partial charge in [-0.05, 0) is 13.0 Å². The summed E-state index contributed by atoms with van der Waals surface area (Å²) in [6.45, 7) is 1.65. The van der Waals surface area contributed by atoms with Gasteiger partial charge in [0.05, 0.1) is 23.8 Å². The van der Waals surface area contributed by atoms with Gasteiger partial charge < -0.3 is 19.0 Å². The van der Waals surface area contributed by atoms with Gasteiger partial charge in [-0.25, -0.2) is 4.79 Å². The highest BCUT2D eigenvalue weighted by molar-refractivity contribution is 5.96. The molecule has 6 nitrogen and oxygen atoms in total. The highest BCUT2D eigenvalue weighted by Gasteiger charge is 2.37. The van der Waals surface area contributed by atoms with E-state index in [0.717, 1.165) is 0 Å². The molecule has 1 aliphatic heterocycles. The quantitative estimate of drug-likeness (QED) is 0.850. The van der Waals surface area contributed by atoms with Crippen LogP contribution in [0.15, 0.2) is 33.7 Å². The number of ether oxygens (including phenoxy) is 2. The molecule has 2 aromatic rings. The van der Waals surface area contributed by atoms with Gasteiger partial charge in [-0.1, -0.05) is 0 Å². The molecule has 0 amide bonds. The van der Waals surface area contributed by atoms with Gasteiger partial charge in [0.15, 0.2) is 11.5 Å². The van der Waals surface area contributed by atoms with Gasteiger partial charge >= 0.3 is 5.97 Å². The van der Waals surface area contributed by atoms with Crippen LogP contribution in [0.3, 0.4) is 0 Å². The predicted molar refractivity (Wildman–Crippen MR) is 71.6 cm³/mol. The summed E-state index contributed by atoms with van der Waals surface area (Å²) in [6.07, 6.45) is 0.372. The number of benzene rings is 1. The number of carbonyl (C=O) groups excluding carboxylic acids is 1. The van der Waals surface area contributed by atoms with Crippen LogP contribution in [0.1, 0.15) is 33.3 Å². The van der Waals surface area contributed by atoms with E-state index in [0.29, 0.717) is 11.3 Å². The molecule has 1 aliphatic rings. The van der Waals surface area contributed by atoms with Crippen molar-refractivity contribution in [3.05, 3.63) is 57.1 Å². The summed E-state index contributed by atoms with van der Waals surface area (Å²) in [5, 5.41) is 9.61. The Bertz CT molecular complexity index is 789. The van der Waals surface area contributed by atoms with Crippen molar-refractivity contribution in [1.82, 2.24) is 0 Å². The number of rotatable bonds is 2. The topological polar surface area (TPSA) is 86.0 Å². The Morgan fingerprint density at radius 2 is 2.00 bits per heavy atom. The monoisotopic (exact) mass is 288 g/mol. The van der Waals surface area contributed by atoms with Gasteiger partial charge in [-0.15, -0.1) is 0 Å². The lowest BCUT2D eigenvalue weighted by molar-refractivity contribution is 0.0450. The minimum atomic E-state index is -0.903. The molecule has 1 unspecified atom stereocenters. The second kappa shape index (κ2) is 4.66. The highest BCUT2D eigenvalue weighted by atomic mass is 16.6. The molecule has 1 aromatic carbocycles. The summed E-state index contributed by atoms with van der Waals surface area (Å²) in [6, 6.07) is 3.98. The molecule has 21 heavy (non-hydrogen) atoms. The average Bonchev–Trinajstić information content (AvgIpc) is 2.75. The lowest BCUT2D eigenvalue weighted by Gasteiger charge is -2.13. The number of phenolic OH excluding ortho intramolecular Hbond substituents is 1. The van der Waals surface area contributed by atoms with Crippen molar-refractivity contribution in [1.29, 1.82) is 0 Å². The fraction of sp³-hybridized carbons (Fsp3) is 0.200. The number of methoxy groups -OCH3 is 1. The smallest absolute Gasteiger partial charge is 0.339 e.